The van der Waals surface area contributed by atoms with Crippen LogP contribution in [0.25, 0.3) is 0 Å². The van der Waals surface area contributed by atoms with Crippen LogP contribution >= 0.6 is 0 Å². The lowest BCUT2D eigenvalue weighted by Crippen LogP contribution is -2.51. The zero-order chi connectivity index (χ0) is 107. The lowest BCUT2D eigenvalue weighted by atomic mass is 9.43. The monoisotopic (exact) mass is 1880 g/mol. The Morgan fingerprint density at radius 3 is 0.711 bits per heavy atom. The van der Waals surface area contributed by atoms with E-state index < -0.39 is 34.5 Å². The Morgan fingerprint density at radius 1 is 0.274 bits per heavy atom. The molecule has 4 fully saturated rings. The highest BCUT2D eigenvalue weighted by Crippen LogP contribution is 2.66. The summed E-state index contributed by atoms with van der Waals surface area (Å²) >= 11 is 0. The van der Waals surface area contributed by atoms with Crippen LogP contribution in [0.1, 0.15) is 538 Å². The van der Waals surface area contributed by atoms with Gasteiger partial charge in [0.05, 0.1) is 10.8 Å². The standard InChI is InChI=1S/C20H28F6.C20H34.2C18H30.C17H28.C16H26.C14H24.C6H14/c1-16(2,3)15-13(11-17(4,5)19(21,22)23)9-8-10-14(15)12-18(6,7)20(24,25)26;1-18(2,3)13-15-11-10-12-16(14-19(4,5)6)17(15)20(7,8)9;1-16(2,3)13-11-10-12-14(17(4,5)6)15(13)18(7,8)9;1-13(2)11-15-9-8-10-16(12-14(3)4)17(15)18(5,6)7;1-12(2)13-10-9-11-14(16(3,4)5)15(13)17(6,7)8;1-11(2)13-9-8-10-14(12(3)4)15(13)16(5,6)7;1-13(2,3)14-7-10-4-11(8-14)6-12(5-10)9-14;1-5-6(2,3)4/h8-10H,11-12H2,1-7H3;10-12H,13-14H2,1-9H3;10-12H,1-9H3;8-10,13-14H,11-12H2,1-7H3;9-12H,1-8H3;8-12H,1-7H3;10-12H,4-9H2,1-3H3;5H2,1-4H3/i;;;;12D;;;. The zero-order valence-corrected chi connectivity index (χ0v) is 98.4. The highest BCUT2D eigenvalue weighted by molar-refractivity contribution is 5.50. The fourth-order valence-corrected chi connectivity index (χ4v) is 21.4. The van der Waals surface area contributed by atoms with Gasteiger partial charge < -0.3 is 0 Å². The van der Waals surface area contributed by atoms with E-state index in [0.717, 1.165) is 81.1 Å². The molecule has 0 aromatic heterocycles. The van der Waals surface area contributed by atoms with Crippen molar-refractivity contribution in [3.63, 3.8) is 0 Å². The van der Waals surface area contributed by atoms with Crippen LogP contribution in [-0.2, 0) is 87.3 Å². The quantitative estimate of drug-likeness (QED) is 0.101. The van der Waals surface area contributed by atoms with Crippen molar-refractivity contribution >= 4 is 0 Å². The summed E-state index contributed by atoms with van der Waals surface area (Å²) in [5.41, 5.74) is 23.2. The van der Waals surface area contributed by atoms with E-state index in [4.69, 9.17) is 1.37 Å². The van der Waals surface area contributed by atoms with E-state index >= 15 is 0 Å². The number of alkyl halides is 6. The second kappa shape index (κ2) is 47.0. The van der Waals surface area contributed by atoms with Gasteiger partial charge in [-0.05, 0) is 300 Å². The van der Waals surface area contributed by atoms with E-state index in [2.05, 4.69) is 403 Å². The van der Waals surface area contributed by atoms with Gasteiger partial charge in [-0.3, -0.25) is 0 Å². The Kier molecular flexibility index (Phi) is 43.2. The van der Waals surface area contributed by atoms with E-state index in [1.54, 1.807) is 84.5 Å². The normalized spacial score (nSPS) is 17.5. The molecule has 0 N–H and O–H groups in total. The number of hydrogen-bond donors (Lipinski definition) is 0. The third-order valence-electron chi connectivity index (χ3n) is 27.9. The van der Waals surface area contributed by atoms with Crippen LogP contribution in [0.5, 0.6) is 0 Å². The topological polar surface area (TPSA) is 0 Å². The molecule has 0 nitrogen and oxygen atoms in total. The number of hydrogen-bond acceptors (Lipinski definition) is 0. The smallest absolute Gasteiger partial charge is 0.171 e. The van der Waals surface area contributed by atoms with Crippen LogP contribution in [0.3, 0.4) is 0 Å². The van der Waals surface area contributed by atoms with Gasteiger partial charge in [0.1, 0.15) is 0 Å². The molecule has 0 spiro atoms. The molecule has 4 saturated carbocycles. The molecule has 0 saturated heterocycles. The van der Waals surface area contributed by atoms with Crippen molar-refractivity contribution in [3.8, 4) is 0 Å². The van der Waals surface area contributed by atoms with Crippen molar-refractivity contribution in [1.29, 1.82) is 0 Å². The number of rotatable bonds is 13. The Labute approximate surface area is 835 Å². The summed E-state index contributed by atoms with van der Waals surface area (Å²) < 4.78 is 88.4. The van der Waals surface area contributed by atoms with Crippen LogP contribution in [0.4, 0.5) is 26.3 Å². The van der Waals surface area contributed by atoms with E-state index in [0.29, 0.717) is 50.2 Å². The molecule has 6 heteroatoms. The first-order valence-electron chi connectivity index (χ1n) is 53.2. The highest BCUT2D eigenvalue weighted by Gasteiger charge is 2.56. The zero-order valence-electron chi connectivity index (χ0n) is 99.4. The van der Waals surface area contributed by atoms with Gasteiger partial charge in [-0.1, -0.05) is 489 Å². The molecule has 0 unspecified atom stereocenters. The maximum Gasteiger partial charge on any atom is 0.394 e. The third-order valence-corrected chi connectivity index (χ3v) is 27.9. The van der Waals surface area contributed by atoms with Gasteiger partial charge in [0, 0.05) is 1.37 Å². The van der Waals surface area contributed by atoms with Crippen LogP contribution in [0, 0.1) is 67.5 Å². The van der Waals surface area contributed by atoms with Crippen molar-refractivity contribution in [2.24, 2.45) is 67.5 Å². The summed E-state index contributed by atoms with van der Waals surface area (Å²) in [6.45, 7) is 118. The summed E-state index contributed by atoms with van der Waals surface area (Å²) in [5, 5.41) is 0. The SMILES string of the molecule is CC(C)(C)C12CC3CC(CC(C3)C1)C2.CC(C)(C)Cc1cccc(CC(C)(C)C)c1C(C)(C)C.CC(C)(C)c1c(CC(C)(C)C(F)(F)F)cccc1CC(C)(C)C(F)(F)F.CC(C)(C)c1cccc(C(C)(C)C)c1C(C)(C)C.CC(C)Cc1cccc(CC(C)C)c1C(C)(C)C.CC(C)c1cccc(C(C)C)c1C(C)(C)C.CCC(C)(C)C.[2H]C(C)(C)c1cccc(C(C)(C)C)c1C(C)(C)C. The predicted octanol–water partition coefficient (Wildman–Crippen LogP) is 41.7. The molecule has 0 atom stereocenters. The average molecular weight is 1880 g/mol. The molecule has 135 heavy (non-hydrogen) atoms. The van der Waals surface area contributed by atoms with Crippen LogP contribution < -0.4 is 0 Å². The molecular weight excluding hydrogens is 1660 g/mol. The molecule has 4 bridgehead atoms. The Bertz CT molecular complexity index is 4310. The lowest BCUT2D eigenvalue weighted by molar-refractivity contribution is -0.211. The fourth-order valence-electron chi connectivity index (χ4n) is 21.4. The largest absolute Gasteiger partial charge is 0.394 e. The summed E-state index contributed by atoms with van der Waals surface area (Å²) in [6.07, 6.45) is 6.02. The minimum absolute atomic E-state index is 0.0670. The summed E-state index contributed by atoms with van der Waals surface area (Å²) in [4.78, 5) is 0. The highest BCUT2D eigenvalue weighted by atomic mass is 19.4. The Balaban J connectivity index is 0.000000534. The number of benzene rings is 6. The molecule has 0 amide bonds. The summed E-state index contributed by atoms with van der Waals surface area (Å²) in [6, 6.07) is 38.6. The molecular formula is C129H214F6. The van der Waals surface area contributed by atoms with Crippen LogP contribution in [0.15, 0.2) is 109 Å². The van der Waals surface area contributed by atoms with Crippen molar-refractivity contribution in [1.82, 2.24) is 0 Å². The molecule has 6 aromatic rings. The van der Waals surface area contributed by atoms with Gasteiger partial charge in [-0.25, -0.2) is 0 Å². The van der Waals surface area contributed by atoms with Gasteiger partial charge in [0.15, 0.2) is 0 Å². The van der Waals surface area contributed by atoms with Crippen molar-refractivity contribution in [2.45, 2.75) is 536 Å². The summed E-state index contributed by atoms with van der Waals surface area (Å²) in [7, 11) is 0. The van der Waals surface area contributed by atoms with Gasteiger partial charge in [0.25, 0.3) is 0 Å². The molecule has 0 aliphatic heterocycles. The second-order valence-corrected chi connectivity index (χ2v) is 58.8. The van der Waals surface area contributed by atoms with Gasteiger partial charge in [-0.15, -0.1) is 0 Å². The van der Waals surface area contributed by atoms with Crippen molar-refractivity contribution < 1.29 is 27.7 Å². The molecule has 0 heterocycles. The Hall–Kier alpha value is -5.10. The van der Waals surface area contributed by atoms with Gasteiger partial charge in [-0.2, -0.15) is 26.3 Å². The van der Waals surface area contributed by atoms with Crippen molar-refractivity contribution in [2.75, 3.05) is 0 Å². The van der Waals surface area contributed by atoms with Crippen molar-refractivity contribution in [3.05, 3.63) is 209 Å². The van der Waals surface area contributed by atoms with E-state index in [1.165, 1.54) is 69.3 Å². The number of halogens is 6. The molecule has 6 aromatic carbocycles. The van der Waals surface area contributed by atoms with E-state index in [1.807, 2.05) is 34.6 Å². The molecule has 10 rings (SSSR count). The minimum atomic E-state index is -4.40. The maximum absolute atomic E-state index is 13.3. The van der Waals surface area contributed by atoms with Gasteiger partial charge in [0.2, 0.25) is 0 Å². The fraction of sp³-hybridized carbons (Fsp3) is 0.721. The first-order chi connectivity index (χ1) is 60.3. The predicted molar refractivity (Wildman–Crippen MR) is 590 cm³/mol. The van der Waals surface area contributed by atoms with Crippen LogP contribution in [0.2, 0.25) is 0 Å². The van der Waals surface area contributed by atoms with Gasteiger partial charge >= 0.3 is 12.4 Å². The minimum Gasteiger partial charge on any atom is -0.171 e. The first kappa shape index (κ1) is 124. The maximum atomic E-state index is 13.3. The van der Waals surface area contributed by atoms with E-state index in [-0.39, 0.29) is 56.2 Å². The van der Waals surface area contributed by atoms with E-state index in [9.17, 15) is 26.3 Å². The molecule has 772 valence electrons. The lowest BCUT2D eigenvalue weighted by Gasteiger charge is -2.62. The first-order valence-corrected chi connectivity index (χ1v) is 52.7. The molecule has 4 aliphatic rings. The average Bonchev–Trinajstić information content (AvgIpc) is 0.722. The molecule has 4 aliphatic carbocycles. The van der Waals surface area contributed by atoms with Crippen LogP contribution in [-0.4, -0.2) is 12.4 Å². The Morgan fingerprint density at radius 2 is 0.496 bits per heavy atom. The summed E-state index contributed by atoms with van der Waals surface area (Å²) in [5.74, 6) is 5.44. The third kappa shape index (κ3) is 39.3. The molecule has 0 radical (unpaired) electrons. The second-order valence-electron chi connectivity index (χ2n) is 58.8.